The van der Waals surface area contributed by atoms with E-state index in [4.69, 9.17) is 17.3 Å². The van der Waals surface area contributed by atoms with Gasteiger partial charge in [0.1, 0.15) is 5.82 Å². The normalized spacial score (nSPS) is 10.8. The Kier molecular flexibility index (Phi) is 3.82. The van der Waals surface area contributed by atoms with Crippen LogP contribution in [0.1, 0.15) is 17.9 Å². The molecule has 0 saturated heterocycles. The van der Waals surface area contributed by atoms with Crippen molar-refractivity contribution in [2.45, 2.75) is 19.8 Å². The highest BCUT2D eigenvalue weighted by atomic mass is 35.5. The SMILES string of the molecule is Cc1[nH]c(CCCN)nc1-c1cccc(Cl)c1. The number of nitrogens with one attached hydrogen (secondary N) is 1. The molecule has 0 aliphatic rings. The predicted molar refractivity (Wildman–Crippen MR) is 71.1 cm³/mol. The smallest absolute Gasteiger partial charge is 0.107 e. The van der Waals surface area contributed by atoms with Crippen LogP contribution in [0, 0.1) is 6.92 Å². The van der Waals surface area contributed by atoms with Crippen molar-refractivity contribution in [1.29, 1.82) is 0 Å². The molecule has 2 aromatic rings. The Hall–Kier alpha value is -1.32. The van der Waals surface area contributed by atoms with Gasteiger partial charge in [0.25, 0.3) is 0 Å². The monoisotopic (exact) mass is 249 g/mol. The number of aromatic nitrogens is 2. The van der Waals surface area contributed by atoms with Gasteiger partial charge in [-0.1, -0.05) is 23.7 Å². The van der Waals surface area contributed by atoms with Gasteiger partial charge in [-0.3, -0.25) is 0 Å². The number of H-pyrrole nitrogens is 1. The van der Waals surface area contributed by atoms with Gasteiger partial charge in [-0.15, -0.1) is 0 Å². The minimum absolute atomic E-state index is 0.687. The van der Waals surface area contributed by atoms with Crippen LogP contribution in [0.3, 0.4) is 0 Å². The fourth-order valence-electron chi connectivity index (χ4n) is 1.83. The number of nitrogens with two attached hydrogens (primary N) is 1. The third-order valence-electron chi connectivity index (χ3n) is 2.65. The molecule has 3 nitrogen and oxygen atoms in total. The van der Waals surface area contributed by atoms with Crippen LogP contribution in [0.25, 0.3) is 11.3 Å². The van der Waals surface area contributed by atoms with Crippen LogP contribution >= 0.6 is 11.6 Å². The van der Waals surface area contributed by atoms with Gasteiger partial charge < -0.3 is 10.7 Å². The second-order valence-corrected chi connectivity index (χ2v) is 4.50. The average Bonchev–Trinajstić information content (AvgIpc) is 2.68. The van der Waals surface area contributed by atoms with E-state index in [0.717, 1.165) is 40.6 Å². The van der Waals surface area contributed by atoms with E-state index in [9.17, 15) is 0 Å². The van der Waals surface area contributed by atoms with E-state index < -0.39 is 0 Å². The highest BCUT2D eigenvalue weighted by Gasteiger charge is 2.08. The lowest BCUT2D eigenvalue weighted by Gasteiger charge is -1.98. The second kappa shape index (κ2) is 5.34. The number of hydrogen-bond donors (Lipinski definition) is 2. The molecule has 17 heavy (non-hydrogen) atoms. The summed E-state index contributed by atoms with van der Waals surface area (Å²) in [6.07, 6.45) is 1.83. The standard InChI is InChI=1S/C13H16ClN3/c1-9-13(10-4-2-5-11(14)8-10)17-12(16-9)6-3-7-15/h2,4-5,8H,3,6-7,15H2,1H3,(H,16,17). The largest absolute Gasteiger partial charge is 0.346 e. The minimum Gasteiger partial charge on any atom is -0.346 e. The molecule has 0 saturated carbocycles. The number of imidazole rings is 1. The van der Waals surface area contributed by atoms with E-state index in [-0.39, 0.29) is 0 Å². The van der Waals surface area contributed by atoms with Gasteiger partial charge in [-0.25, -0.2) is 4.98 Å². The van der Waals surface area contributed by atoms with Gasteiger partial charge in [0.05, 0.1) is 5.69 Å². The summed E-state index contributed by atoms with van der Waals surface area (Å²) < 4.78 is 0. The highest BCUT2D eigenvalue weighted by Crippen LogP contribution is 2.24. The summed E-state index contributed by atoms with van der Waals surface area (Å²) >= 11 is 5.98. The molecule has 0 unspecified atom stereocenters. The lowest BCUT2D eigenvalue weighted by molar-refractivity contribution is 0.792. The molecule has 2 rings (SSSR count). The summed E-state index contributed by atoms with van der Waals surface area (Å²) in [5, 5.41) is 0.730. The fourth-order valence-corrected chi connectivity index (χ4v) is 2.02. The summed E-state index contributed by atoms with van der Waals surface area (Å²) in [5.74, 6) is 0.989. The molecule has 1 heterocycles. The highest BCUT2D eigenvalue weighted by molar-refractivity contribution is 6.30. The summed E-state index contributed by atoms with van der Waals surface area (Å²) in [5.41, 5.74) is 8.58. The first-order valence-corrected chi connectivity index (χ1v) is 6.10. The van der Waals surface area contributed by atoms with Crippen LogP contribution in [0.5, 0.6) is 0 Å². The lowest BCUT2D eigenvalue weighted by Crippen LogP contribution is -2.01. The molecule has 0 aliphatic carbocycles. The van der Waals surface area contributed by atoms with E-state index in [1.54, 1.807) is 0 Å². The van der Waals surface area contributed by atoms with Gasteiger partial charge in [-0.05, 0) is 32.0 Å². The topological polar surface area (TPSA) is 54.7 Å². The Labute approximate surface area is 106 Å². The molecule has 1 aromatic carbocycles. The first kappa shape index (κ1) is 12.1. The van der Waals surface area contributed by atoms with Crippen molar-refractivity contribution in [2.24, 2.45) is 5.73 Å². The summed E-state index contributed by atoms with van der Waals surface area (Å²) in [6.45, 7) is 2.71. The molecule has 4 heteroatoms. The Balaban J connectivity index is 2.29. The maximum atomic E-state index is 5.98. The lowest BCUT2D eigenvalue weighted by atomic mass is 10.1. The van der Waals surface area contributed by atoms with Crippen molar-refractivity contribution < 1.29 is 0 Å². The Morgan fingerprint density at radius 2 is 2.24 bits per heavy atom. The molecule has 1 aromatic heterocycles. The third kappa shape index (κ3) is 2.87. The quantitative estimate of drug-likeness (QED) is 0.875. The van der Waals surface area contributed by atoms with Crippen molar-refractivity contribution in [3.8, 4) is 11.3 Å². The Bertz CT molecular complexity index is 505. The first-order valence-electron chi connectivity index (χ1n) is 5.72. The number of nitrogens with zero attached hydrogens (tertiary/aromatic N) is 1. The number of aryl methyl sites for hydroxylation is 2. The molecule has 0 aliphatic heterocycles. The van der Waals surface area contributed by atoms with Gasteiger partial charge in [0.2, 0.25) is 0 Å². The average molecular weight is 250 g/mol. The molecular formula is C13H16ClN3. The predicted octanol–water partition coefficient (Wildman–Crippen LogP) is 2.93. The zero-order chi connectivity index (χ0) is 12.3. The molecular weight excluding hydrogens is 234 g/mol. The van der Waals surface area contributed by atoms with Gasteiger partial charge in [0.15, 0.2) is 0 Å². The molecule has 90 valence electrons. The van der Waals surface area contributed by atoms with Gasteiger partial charge >= 0.3 is 0 Å². The molecule has 0 fully saturated rings. The molecule has 0 amide bonds. The number of benzene rings is 1. The summed E-state index contributed by atoms with van der Waals surface area (Å²) in [6, 6.07) is 7.74. The van der Waals surface area contributed by atoms with Crippen LogP contribution in [-0.2, 0) is 6.42 Å². The van der Waals surface area contributed by atoms with Crippen molar-refractivity contribution in [3.63, 3.8) is 0 Å². The Morgan fingerprint density at radius 1 is 1.41 bits per heavy atom. The van der Waals surface area contributed by atoms with Crippen molar-refractivity contribution in [2.75, 3.05) is 6.54 Å². The van der Waals surface area contributed by atoms with Crippen molar-refractivity contribution in [3.05, 3.63) is 40.8 Å². The molecule has 0 bridgehead atoms. The van der Waals surface area contributed by atoms with Gasteiger partial charge in [0, 0.05) is 22.7 Å². The van der Waals surface area contributed by atoms with E-state index >= 15 is 0 Å². The number of rotatable bonds is 4. The minimum atomic E-state index is 0.687. The van der Waals surface area contributed by atoms with Crippen LogP contribution in [0.15, 0.2) is 24.3 Å². The van der Waals surface area contributed by atoms with E-state index in [1.165, 1.54) is 0 Å². The number of aromatic amines is 1. The van der Waals surface area contributed by atoms with E-state index in [2.05, 4.69) is 9.97 Å². The van der Waals surface area contributed by atoms with Crippen LogP contribution in [0.2, 0.25) is 5.02 Å². The third-order valence-corrected chi connectivity index (χ3v) is 2.88. The maximum absolute atomic E-state index is 5.98. The van der Waals surface area contributed by atoms with Crippen LogP contribution in [-0.4, -0.2) is 16.5 Å². The van der Waals surface area contributed by atoms with Gasteiger partial charge in [-0.2, -0.15) is 0 Å². The Morgan fingerprint density at radius 3 is 2.94 bits per heavy atom. The molecule has 3 N–H and O–H groups in total. The van der Waals surface area contributed by atoms with Crippen molar-refractivity contribution in [1.82, 2.24) is 9.97 Å². The fraction of sp³-hybridized carbons (Fsp3) is 0.308. The molecule has 0 spiro atoms. The van der Waals surface area contributed by atoms with Crippen molar-refractivity contribution >= 4 is 11.6 Å². The van der Waals surface area contributed by atoms with Crippen LogP contribution in [0.4, 0.5) is 0 Å². The summed E-state index contributed by atoms with van der Waals surface area (Å²) in [4.78, 5) is 7.88. The van der Waals surface area contributed by atoms with Crippen LogP contribution < -0.4 is 5.73 Å². The summed E-state index contributed by atoms with van der Waals surface area (Å²) in [7, 11) is 0. The maximum Gasteiger partial charge on any atom is 0.107 e. The molecule has 0 radical (unpaired) electrons. The number of halogens is 1. The molecule has 0 atom stereocenters. The van der Waals surface area contributed by atoms with E-state index in [0.29, 0.717) is 6.54 Å². The zero-order valence-electron chi connectivity index (χ0n) is 9.83. The second-order valence-electron chi connectivity index (χ2n) is 4.06. The zero-order valence-corrected chi connectivity index (χ0v) is 10.6. The first-order chi connectivity index (χ1) is 8.20. The van der Waals surface area contributed by atoms with E-state index in [1.807, 2.05) is 31.2 Å². The number of hydrogen-bond acceptors (Lipinski definition) is 2.